The molecule has 222 valence electrons. The summed E-state index contributed by atoms with van der Waals surface area (Å²) in [5.74, 6) is 0. The molecule has 2 nitrogen and oxygen atoms in total. The van der Waals surface area contributed by atoms with Gasteiger partial charge in [0.15, 0.2) is 0 Å². The van der Waals surface area contributed by atoms with E-state index in [4.69, 9.17) is 9.98 Å². The Bertz CT molecular complexity index is 1000. The summed E-state index contributed by atoms with van der Waals surface area (Å²) in [6, 6.07) is 13.9. The normalized spacial score (nSPS) is 12.1. The molecule has 0 saturated heterocycles. The minimum Gasteiger partial charge on any atom is -0.255 e. The molecule has 0 bridgehead atoms. The molecule has 0 spiro atoms. The average Bonchev–Trinajstić information content (AvgIpc) is 2.96. The fourth-order valence-corrected chi connectivity index (χ4v) is 5.41. The fourth-order valence-electron chi connectivity index (χ4n) is 5.41. The molecule has 2 heteroatoms. The zero-order valence-corrected chi connectivity index (χ0v) is 26.9. The van der Waals surface area contributed by atoms with Gasteiger partial charge in [-0.15, -0.1) is 0 Å². The minimum absolute atomic E-state index is 0.974. The highest BCUT2D eigenvalue weighted by Gasteiger charge is 2.07. The van der Waals surface area contributed by atoms with E-state index in [0.29, 0.717) is 0 Å². The number of nitrogens with zero attached hydrogens (tertiary/aromatic N) is 2. The largest absolute Gasteiger partial charge is 0.255 e. The Morgan fingerprint density at radius 2 is 0.925 bits per heavy atom. The van der Waals surface area contributed by atoms with E-state index in [-0.39, 0.29) is 0 Å². The van der Waals surface area contributed by atoms with Gasteiger partial charge >= 0.3 is 0 Å². The molecule has 0 atom stereocenters. The highest BCUT2D eigenvalue weighted by atomic mass is 14.8. The maximum Gasteiger partial charge on any atom is 0.0636 e. The van der Waals surface area contributed by atoms with Crippen LogP contribution in [0.15, 0.2) is 46.4 Å². The third-order valence-corrected chi connectivity index (χ3v) is 8.00. The molecule has 0 N–H and O–H groups in total. The average molecular weight is 545 g/mol. The summed E-state index contributed by atoms with van der Waals surface area (Å²) in [6.45, 7) is 11.4. The topological polar surface area (TPSA) is 24.7 Å². The number of aryl methyl sites for hydroxylation is 4. The first kappa shape index (κ1) is 34.0. The van der Waals surface area contributed by atoms with E-state index in [0.717, 1.165) is 29.9 Å². The number of benzene rings is 2. The van der Waals surface area contributed by atoms with E-state index in [9.17, 15) is 0 Å². The first-order valence-electron chi connectivity index (χ1n) is 17.0. The smallest absolute Gasteiger partial charge is 0.0636 e. The van der Waals surface area contributed by atoms with E-state index in [1.165, 1.54) is 131 Å². The standard InChI is InChI=1S/C38H60N2/c1-6-11-16-20-32-25-27-36(29-34(32)22-18-13-8-3)39-31-38(24-15-10-5)40-37-28-26-33(21-17-12-7-2)35(30-37)23-19-14-9-4/h25-31H,6-24H2,1-5H3. The van der Waals surface area contributed by atoms with Gasteiger partial charge in [-0.25, -0.2) is 0 Å². The van der Waals surface area contributed by atoms with Crippen LogP contribution in [0.5, 0.6) is 0 Å². The Hall–Kier alpha value is -2.22. The van der Waals surface area contributed by atoms with Crippen LogP contribution in [0.25, 0.3) is 0 Å². The molecule has 0 aliphatic rings. The number of rotatable bonds is 22. The molecular formula is C38H60N2. The molecule has 0 fully saturated rings. The van der Waals surface area contributed by atoms with Crippen molar-refractivity contribution in [1.29, 1.82) is 0 Å². The summed E-state index contributed by atoms with van der Waals surface area (Å²) in [5, 5.41) is 0. The number of aliphatic imine (C=N–C) groups is 2. The van der Waals surface area contributed by atoms with Gasteiger partial charge in [-0.1, -0.05) is 105 Å². The molecule has 0 aliphatic carbocycles. The highest BCUT2D eigenvalue weighted by Crippen LogP contribution is 2.25. The quantitative estimate of drug-likeness (QED) is 0.104. The minimum atomic E-state index is 0.974. The second kappa shape index (κ2) is 21.5. The first-order valence-corrected chi connectivity index (χ1v) is 17.0. The predicted molar refractivity (Wildman–Crippen MR) is 181 cm³/mol. The fraction of sp³-hybridized carbons (Fsp3) is 0.632. The lowest BCUT2D eigenvalue weighted by atomic mass is 9.96. The SMILES string of the molecule is CCCCCc1ccc(N=CC(CCCC)=Nc2ccc(CCCCC)c(CCCCC)c2)cc1CCCCC. The Balaban J connectivity index is 2.29. The van der Waals surface area contributed by atoms with Crippen LogP contribution < -0.4 is 0 Å². The zero-order valence-electron chi connectivity index (χ0n) is 26.9. The molecule has 2 aromatic carbocycles. The van der Waals surface area contributed by atoms with Crippen LogP contribution >= 0.6 is 0 Å². The van der Waals surface area contributed by atoms with Crippen molar-refractivity contribution in [2.24, 2.45) is 9.98 Å². The van der Waals surface area contributed by atoms with Crippen LogP contribution in [-0.2, 0) is 25.7 Å². The summed E-state index contributed by atoms with van der Waals surface area (Å²) in [6.07, 6.45) is 25.4. The third kappa shape index (κ3) is 13.4. The molecule has 0 aromatic heterocycles. The maximum absolute atomic E-state index is 5.16. The van der Waals surface area contributed by atoms with Crippen LogP contribution in [0.3, 0.4) is 0 Å². The van der Waals surface area contributed by atoms with Gasteiger partial charge in [0.05, 0.1) is 17.1 Å². The van der Waals surface area contributed by atoms with Crippen molar-refractivity contribution in [3.63, 3.8) is 0 Å². The molecule has 40 heavy (non-hydrogen) atoms. The molecule has 0 saturated carbocycles. The lowest BCUT2D eigenvalue weighted by molar-refractivity contribution is 0.693. The number of hydrogen-bond donors (Lipinski definition) is 0. The molecule has 0 heterocycles. The van der Waals surface area contributed by atoms with Crippen LogP contribution in [0, 0.1) is 0 Å². The second-order valence-electron chi connectivity index (χ2n) is 11.7. The van der Waals surface area contributed by atoms with Gasteiger partial charge in [0.2, 0.25) is 0 Å². The lowest BCUT2D eigenvalue weighted by Crippen LogP contribution is -2.01. The molecule has 2 rings (SSSR count). The van der Waals surface area contributed by atoms with E-state index in [2.05, 4.69) is 71.0 Å². The third-order valence-electron chi connectivity index (χ3n) is 8.00. The predicted octanol–water partition coefficient (Wildman–Crippen LogP) is 12.3. The first-order chi connectivity index (χ1) is 19.6. The van der Waals surface area contributed by atoms with Gasteiger partial charge < -0.3 is 0 Å². The lowest BCUT2D eigenvalue weighted by Gasteiger charge is -2.12. The van der Waals surface area contributed by atoms with Crippen LogP contribution in [0.1, 0.15) is 153 Å². The highest BCUT2D eigenvalue weighted by molar-refractivity contribution is 6.31. The van der Waals surface area contributed by atoms with Crippen LogP contribution in [0.4, 0.5) is 11.4 Å². The van der Waals surface area contributed by atoms with Crippen molar-refractivity contribution in [1.82, 2.24) is 0 Å². The van der Waals surface area contributed by atoms with Crippen molar-refractivity contribution in [2.45, 2.75) is 157 Å². The molecule has 0 radical (unpaired) electrons. The van der Waals surface area contributed by atoms with Crippen molar-refractivity contribution >= 4 is 23.3 Å². The van der Waals surface area contributed by atoms with E-state index >= 15 is 0 Å². The van der Waals surface area contributed by atoms with E-state index in [1.54, 1.807) is 0 Å². The molecule has 0 amide bonds. The summed E-state index contributed by atoms with van der Waals surface area (Å²) in [7, 11) is 0. The van der Waals surface area contributed by atoms with Crippen LogP contribution in [0.2, 0.25) is 0 Å². The Labute approximate surface area is 248 Å². The molecule has 0 unspecified atom stereocenters. The van der Waals surface area contributed by atoms with Gasteiger partial charge in [-0.3, -0.25) is 9.98 Å². The van der Waals surface area contributed by atoms with Gasteiger partial charge in [0, 0.05) is 6.21 Å². The summed E-state index contributed by atoms with van der Waals surface area (Å²) < 4.78 is 0. The van der Waals surface area contributed by atoms with Crippen molar-refractivity contribution < 1.29 is 0 Å². The molecule has 2 aromatic rings. The molecule has 0 aliphatic heterocycles. The Morgan fingerprint density at radius 3 is 1.40 bits per heavy atom. The number of unbranched alkanes of at least 4 members (excludes halogenated alkanes) is 9. The van der Waals surface area contributed by atoms with Crippen molar-refractivity contribution in [2.75, 3.05) is 0 Å². The Kier molecular flexibility index (Phi) is 18.3. The van der Waals surface area contributed by atoms with Crippen molar-refractivity contribution in [3.05, 3.63) is 58.7 Å². The van der Waals surface area contributed by atoms with Crippen LogP contribution in [-0.4, -0.2) is 11.9 Å². The van der Waals surface area contributed by atoms with E-state index in [1.807, 2.05) is 6.21 Å². The zero-order chi connectivity index (χ0) is 28.8. The van der Waals surface area contributed by atoms with Crippen molar-refractivity contribution in [3.8, 4) is 0 Å². The summed E-state index contributed by atoms with van der Waals surface area (Å²) in [5.41, 5.74) is 9.32. The maximum atomic E-state index is 5.16. The molecular weight excluding hydrogens is 484 g/mol. The Morgan fingerprint density at radius 1 is 0.500 bits per heavy atom. The number of hydrogen-bond acceptors (Lipinski definition) is 2. The van der Waals surface area contributed by atoms with Gasteiger partial charge in [0.25, 0.3) is 0 Å². The summed E-state index contributed by atoms with van der Waals surface area (Å²) >= 11 is 0. The van der Waals surface area contributed by atoms with Gasteiger partial charge in [-0.05, 0) is 111 Å². The monoisotopic (exact) mass is 544 g/mol. The van der Waals surface area contributed by atoms with E-state index < -0.39 is 0 Å². The summed E-state index contributed by atoms with van der Waals surface area (Å²) in [4.78, 5) is 10.1. The van der Waals surface area contributed by atoms with Gasteiger partial charge in [-0.2, -0.15) is 0 Å². The van der Waals surface area contributed by atoms with Gasteiger partial charge in [0.1, 0.15) is 0 Å². The second-order valence-corrected chi connectivity index (χ2v) is 11.7.